The fourth-order valence-electron chi connectivity index (χ4n) is 4.95. The summed E-state index contributed by atoms with van der Waals surface area (Å²) in [5.74, 6) is -1.32. The number of rotatable bonds is 4. The Morgan fingerprint density at radius 2 is 1.56 bits per heavy atom. The number of carbonyl (C=O) groups is 2. The maximum atomic E-state index is 13.6. The van der Waals surface area contributed by atoms with E-state index in [2.05, 4.69) is 9.97 Å². The number of alkyl halides is 6. The lowest BCUT2D eigenvalue weighted by Gasteiger charge is -2.41. The summed E-state index contributed by atoms with van der Waals surface area (Å²) in [7, 11) is 0. The molecular weight excluding hydrogens is 574 g/mol. The topological polar surface area (TPSA) is 69.3 Å². The normalized spacial score (nSPS) is 16.0. The predicted octanol–water partition coefficient (Wildman–Crippen LogP) is 6.23. The van der Waals surface area contributed by atoms with Gasteiger partial charge in [0.2, 0.25) is 0 Å². The Balaban J connectivity index is 0.00000387. The highest BCUT2D eigenvalue weighted by atomic mass is 35.5. The molecule has 0 unspecified atom stereocenters. The molecule has 5 rings (SSSR count). The second-order valence-electron chi connectivity index (χ2n) is 9.50. The molecule has 1 saturated heterocycles. The number of H-pyrrole nitrogens is 1. The van der Waals surface area contributed by atoms with Gasteiger partial charge >= 0.3 is 12.4 Å². The minimum absolute atomic E-state index is 0. The number of fused-ring (bicyclic) bond motifs is 1. The molecule has 1 atom stereocenters. The lowest BCUT2D eigenvalue weighted by atomic mass is 9.98. The van der Waals surface area contributed by atoms with E-state index in [4.69, 9.17) is 0 Å². The number of nitrogens with one attached hydrogen (secondary N) is 1. The maximum Gasteiger partial charge on any atom is 0.416 e. The zero-order valence-electron chi connectivity index (χ0n) is 21.2. The van der Waals surface area contributed by atoms with Crippen LogP contribution in [0.5, 0.6) is 0 Å². The van der Waals surface area contributed by atoms with E-state index in [9.17, 15) is 35.9 Å². The van der Waals surface area contributed by atoms with Crippen LogP contribution in [-0.2, 0) is 18.8 Å². The van der Waals surface area contributed by atoms with Gasteiger partial charge in [0.15, 0.2) is 0 Å². The Kier molecular flexibility index (Phi) is 8.34. The second kappa shape index (κ2) is 11.4. The van der Waals surface area contributed by atoms with Crippen LogP contribution in [0.2, 0.25) is 0 Å². The summed E-state index contributed by atoms with van der Waals surface area (Å²) in [6.07, 6.45) is -5.32. The van der Waals surface area contributed by atoms with Crippen LogP contribution in [0.25, 0.3) is 10.9 Å². The molecule has 2 aromatic heterocycles. The average Bonchev–Trinajstić information content (AvgIpc) is 3.34. The van der Waals surface area contributed by atoms with Crippen molar-refractivity contribution in [3.63, 3.8) is 0 Å². The van der Waals surface area contributed by atoms with Crippen LogP contribution >= 0.6 is 12.4 Å². The van der Waals surface area contributed by atoms with Crippen molar-refractivity contribution < 1.29 is 35.9 Å². The number of amides is 2. The minimum Gasteiger partial charge on any atom is -0.361 e. The maximum absolute atomic E-state index is 13.6. The number of pyridine rings is 1. The van der Waals surface area contributed by atoms with Crippen LogP contribution in [0.4, 0.5) is 26.3 Å². The number of piperazine rings is 1. The van der Waals surface area contributed by atoms with Crippen molar-refractivity contribution in [2.45, 2.75) is 24.8 Å². The van der Waals surface area contributed by atoms with Crippen LogP contribution in [0.1, 0.15) is 37.4 Å². The molecule has 0 saturated carbocycles. The molecule has 2 amide bonds. The summed E-state index contributed by atoms with van der Waals surface area (Å²) in [4.78, 5) is 36.6. The van der Waals surface area contributed by atoms with Crippen molar-refractivity contribution >= 4 is 35.1 Å². The van der Waals surface area contributed by atoms with Gasteiger partial charge < -0.3 is 14.8 Å². The SMILES string of the molecule is Cl.O=C(c1cccnc1)N1CCN(C(=O)c2cc(C(F)(F)F)cc(C(F)(F)F)c2)[C@H](Cc2c[nH]c3ccccc23)C1. The van der Waals surface area contributed by atoms with Crippen LogP contribution in [0.3, 0.4) is 0 Å². The zero-order chi connectivity index (χ0) is 28.7. The van der Waals surface area contributed by atoms with Crippen molar-refractivity contribution in [3.8, 4) is 0 Å². The number of aromatic amines is 1. The molecule has 0 bridgehead atoms. The van der Waals surface area contributed by atoms with Gasteiger partial charge in [-0.15, -0.1) is 12.4 Å². The van der Waals surface area contributed by atoms with E-state index in [0.29, 0.717) is 17.7 Å². The number of aromatic nitrogens is 2. The van der Waals surface area contributed by atoms with E-state index >= 15 is 0 Å². The first-order chi connectivity index (χ1) is 18.9. The lowest BCUT2D eigenvalue weighted by molar-refractivity contribution is -0.143. The van der Waals surface area contributed by atoms with E-state index in [1.807, 2.05) is 24.3 Å². The monoisotopic (exact) mass is 596 g/mol. The number of carbonyl (C=O) groups excluding carboxylic acids is 2. The van der Waals surface area contributed by atoms with E-state index in [1.54, 1.807) is 18.3 Å². The van der Waals surface area contributed by atoms with Crippen molar-refractivity contribution in [2.24, 2.45) is 0 Å². The molecule has 3 heterocycles. The third-order valence-corrected chi connectivity index (χ3v) is 6.90. The summed E-state index contributed by atoms with van der Waals surface area (Å²) in [5, 5.41) is 0.851. The van der Waals surface area contributed by atoms with E-state index in [1.165, 1.54) is 22.2 Å². The Morgan fingerprint density at radius 3 is 2.20 bits per heavy atom. The Morgan fingerprint density at radius 1 is 0.878 bits per heavy atom. The Bertz CT molecular complexity index is 1520. The van der Waals surface area contributed by atoms with Gasteiger partial charge in [-0.25, -0.2) is 0 Å². The Labute approximate surface area is 236 Å². The highest BCUT2D eigenvalue weighted by molar-refractivity contribution is 5.96. The summed E-state index contributed by atoms with van der Waals surface area (Å²) in [6.45, 7) is -0.0333. The second-order valence-corrected chi connectivity index (χ2v) is 9.50. The van der Waals surface area contributed by atoms with Crippen molar-refractivity contribution in [2.75, 3.05) is 19.6 Å². The number of para-hydroxylation sites is 1. The molecule has 0 aliphatic carbocycles. The number of hydrogen-bond donors (Lipinski definition) is 1. The Hall–Kier alpha value is -4.06. The van der Waals surface area contributed by atoms with Gasteiger partial charge in [0.05, 0.1) is 22.7 Å². The van der Waals surface area contributed by atoms with Gasteiger partial charge in [-0.05, 0) is 48.4 Å². The molecule has 1 aliphatic heterocycles. The molecule has 0 spiro atoms. The van der Waals surface area contributed by atoms with Crippen molar-refractivity contribution in [1.29, 1.82) is 0 Å². The molecule has 1 N–H and O–H groups in total. The third-order valence-electron chi connectivity index (χ3n) is 6.90. The molecule has 216 valence electrons. The average molecular weight is 597 g/mol. The van der Waals surface area contributed by atoms with Gasteiger partial charge in [0.1, 0.15) is 0 Å². The lowest BCUT2D eigenvalue weighted by Crippen LogP contribution is -2.57. The molecule has 13 heteroatoms. The molecule has 6 nitrogen and oxygen atoms in total. The van der Waals surface area contributed by atoms with Crippen LogP contribution < -0.4 is 0 Å². The minimum atomic E-state index is -5.09. The number of halogens is 7. The number of nitrogens with zero attached hydrogens (tertiary/aromatic N) is 3. The standard InChI is InChI=1S/C28H22F6N4O2.ClH/c29-27(30,31)20-10-18(11-21(13-20)28(32,33)34)26(40)38-9-8-37(25(39)17-4-3-7-35-14-17)16-22(38)12-19-15-36-24-6-2-1-5-23(19)24;/h1-7,10-11,13-15,22,36H,8-9,12,16H2;1H/t22-;/m1./s1. The molecule has 0 radical (unpaired) electrons. The highest BCUT2D eigenvalue weighted by Gasteiger charge is 2.39. The number of hydrogen-bond acceptors (Lipinski definition) is 3. The fourth-order valence-corrected chi connectivity index (χ4v) is 4.95. The largest absolute Gasteiger partial charge is 0.416 e. The van der Waals surface area contributed by atoms with E-state index in [0.717, 1.165) is 16.5 Å². The van der Waals surface area contributed by atoms with E-state index in [-0.39, 0.29) is 50.4 Å². The van der Waals surface area contributed by atoms with Crippen molar-refractivity contribution in [3.05, 3.63) is 101 Å². The third kappa shape index (κ3) is 6.32. The van der Waals surface area contributed by atoms with Crippen LogP contribution in [0, 0.1) is 0 Å². The molecule has 4 aromatic rings. The van der Waals surface area contributed by atoms with Crippen LogP contribution in [0.15, 0.2) is 73.2 Å². The van der Waals surface area contributed by atoms with Gasteiger partial charge in [-0.1, -0.05) is 18.2 Å². The van der Waals surface area contributed by atoms with Crippen LogP contribution in [-0.4, -0.2) is 57.3 Å². The first-order valence-electron chi connectivity index (χ1n) is 12.3. The summed E-state index contributed by atoms with van der Waals surface area (Å²) < 4.78 is 80.9. The predicted molar refractivity (Wildman–Crippen MR) is 141 cm³/mol. The molecule has 1 aliphatic rings. The van der Waals surface area contributed by atoms with Gasteiger partial charge in [-0.2, -0.15) is 26.3 Å². The summed E-state index contributed by atoms with van der Waals surface area (Å²) in [6, 6.07) is 10.7. The summed E-state index contributed by atoms with van der Waals surface area (Å²) in [5.41, 5.74) is -1.93. The molecule has 1 fully saturated rings. The first kappa shape index (κ1) is 29.9. The van der Waals surface area contributed by atoms with Gasteiger partial charge in [0.25, 0.3) is 11.8 Å². The smallest absolute Gasteiger partial charge is 0.361 e. The highest BCUT2D eigenvalue weighted by Crippen LogP contribution is 2.37. The molecule has 2 aromatic carbocycles. The van der Waals surface area contributed by atoms with Gasteiger partial charge in [-0.3, -0.25) is 14.6 Å². The van der Waals surface area contributed by atoms with E-state index < -0.39 is 41.0 Å². The zero-order valence-corrected chi connectivity index (χ0v) is 22.0. The first-order valence-corrected chi connectivity index (χ1v) is 12.3. The fraction of sp³-hybridized carbons (Fsp3) is 0.250. The molecular formula is C28H23ClF6N4O2. The molecule has 41 heavy (non-hydrogen) atoms. The van der Waals surface area contributed by atoms with Crippen molar-refractivity contribution in [1.82, 2.24) is 19.8 Å². The summed E-state index contributed by atoms with van der Waals surface area (Å²) >= 11 is 0. The quantitative estimate of drug-likeness (QED) is 0.284. The number of benzene rings is 2. The van der Waals surface area contributed by atoms with Gasteiger partial charge in [0, 0.05) is 54.7 Å².